The van der Waals surface area contributed by atoms with Gasteiger partial charge in [0.25, 0.3) is 0 Å². The Balaban J connectivity index is 2.44. The summed E-state index contributed by atoms with van der Waals surface area (Å²) in [7, 11) is 1.88. The third-order valence-electron chi connectivity index (χ3n) is 2.19. The molecule has 2 aromatic heterocycles. The molecule has 86 valence electrons. The van der Waals surface area contributed by atoms with Gasteiger partial charge in [0, 0.05) is 10.4 Å². The van der Waals surface area contributed by atoms with Gasteiger partial charge in [-0.05, 0) is 24.6 Å². The lowest BCUT2D eigenvalue weighted by Crippen LogP contribution is -2.16. The first-order chi connectivity index (χ1) is 7.63. The molecular weight excluding hydrogens is 305 g/mol. The highest BCUT2D eigenvalue weighted by Gasteiger charge is 2.21. The Morgan fingerprint density at radius 2 is 2.06 bits per heavy atom. The Morgan fingerprint density at radius 3 is 2.50 bits per heavy atom. The lowest BCUT2D eigenvalue weighted by atomic mass is 10.1. The standard InChI is InChI=1S/C10H8Cl3NS2/c1-14-8(9-6(11)2-3-15-9)5-4-7(12)16-10(5)13/h2-4,8,14H,1H3. The second kappa shape index (κ2) is 5.25. The van der Waals surface area contributed by atoms with E-state index in [0.29, 0.717) is 8.67 Å². The smallest absolute Gasteiger partial charge is 0.0995 e. The number of nitrogens with one attached hydrogen (secondary N) is 1. The molecular formula is C10H8Cl3NS2. The third kappa shape index (κ3) is 2.40. The molecule has 0 amide bonds. The molecule has 2 heterocycles. The molecule has 0 aliphatic heterocycles. The van der Waals surface area contributed by atoms with E-state index >= 15 is 0 Å². The van der Waals surface area contributed by atoms with Crippen LogP contribution in [0.1, 0.15) is 16.5 Å². The molecule has 0 aromatic carbocycles. The molecule has 6 heteroatoms. The van der Waals surface area contributed by atoms with Crippen LogP contribution in [0.4, 0.5) is 0 Å². The van der Waals surface area contributed by atoms with Gasteiger partial charge in [0.1, 0.15) is 0 Å². The zero-order valence-electron chi connectivity index (χ0n) is 8.26. The molecule has 1 N–H and O–H groups in total. The van der Waals surface area contributed by atoms with Crippen LogP contribution in [0.5, 0.6) is 0 Å². The van der Waals surface area contributed by atoms with Crippen LogP contribution < -0.4 is 5.32 Å². The Hall–Kier alpha value is 0.230. The number of thiophene rings is 2. The minimum Gasteiger partial charge on any atom is -0.309 e. The first kappa shape index (κ1) is 12.7. The van der Waals surface area contributed by atoms with Crippen LogP contribution in [-0.4, -0.2) is 7.05 Å². The summed E-state index contributed by atoms with van der Waals surface area (Å²) in [6.45, 7) is 0. The Kier molecular flexibility index (Phi) is 4.16. The van der Waals surface area contributed by atoms with Crippen molar-refractivity contribution in [2.75, 3.05) is 7.05 Å². The topological polar surface area (TPSA) is 12.0 Å². The Labute approximate surface area is 117 Å². The molecule has 1 unspecified atom stereocenters. The van der Waals surface area contributed by atoms with Gasteiger partial charge in [-0.15, -0.1) is 22.7 Å². The molecule has 0 saturated heterocycles. The maximum absolute atomic E-state index is 6.14. The van der Waals surface area contributed by atoms with Crippen molar-refractivity contribution in [3.05, 3.63) is 41.6 Å². The molecule has 1 nitrogen and oxygen atoms in total. The quantitative estimate of drug-likeness (QED) is 0.833. The van der Waals surface area contributed by atoms with Crippen LogP contribution in [0.3, 0.4) is 0 Å². The zero-order chi connectivity index (χ0) is 11.7. The van der Waals surface area contributed by atoms with Gasteiger partial charge in [-0.2, -0.15) is 0 Å². The summed E-state index contributed by atoms with van der Waals surface area (Å²) in [5, 5.41) is 5.92. The van der Waals surface area contributed by atoms with E-state index in [4.69, 9.17) is 34.8 Å². The fourth-order valence-electron chi connectivity index (χ4n) is 1.49. The van der Waals surface area contributed by atoms with E-state index in [0.717, 1.165) is 15.5 Å². The van der Waals surface area contributed by atoms with Crippen molar-refractivity contribution in [3.63, 3.8) is 0 Å². The van der Waals surface area contributed by atoms with Crippen molar-refractivity contribution in [3.8, 4) is 0 Å². The maximum atomic E-state index is 6.14. The average molecular weight is 313 g/mol. The minimum atomic E-state index is 0.00347. The molecule has 2 rings (SSSR count). The van der Waals surface area contributed by atoms with Crippen molar-refractivity contribution >= 4 is 57.5 Å². The zero-order valence-corrected chi connectivity index (χ0v) is 12.2. The summed E-state index contributed by atoms with van der Waals surface area (Å²) < 4.78 is 1.39. The summed E-state index contributed by atoms with van der Waals surface area (Å²) in [4.78, 5) is 1.06. The molecule has 0 aliphatic carbocycles. The van der Waals surface area contributed by atoms with Gasteiger partial charge >= 0.3 is 0 Å². The fraction of sp³-hybridized carbons (Fsp3) is 0.200. The summed E-state index contributed by atoms with van der Waals surface area (Å²) in [5.41, 5.74) is 0.975. The van der Waals surface area contributed by atoms with E-state index in [1.807, 2.05) is 24.6 Å². The predicted molar refractivity (Wildman–Crippen MR) is 74.6 cm³/mol. The van der Waals surface area contributed by atoms with Gasteiger partial charge in [0.15, 0.2) is 0 Å². The normalized spacial score (nSPS) is 13.0. The number of rotatable bonds is 3. The van der Waals surface area contributed by atoms with Crippen LogP contribution >= 0.6 is 57.5 Å². The van der Waals surface area contributed by atoms with E-state index in [9.17, 15) is 0 Å². The molecule has 0 radical (unpaired) electrons. The molecule has 1 atom stereocenters. The average Bonchev–Trinajstić information content (AvgIpc) is 2.77. The summed E-state index contributed by atoms with van der Waals surface area (Å²) >= 11 is 21.2. The highest BCUT2D eigenvalue weighted by atomic mass is 35.5. The molecule has 0 aliphatic rings. The van der Waals surface area contributed by atoms with Gasteiger partial charge in [-0.1, -0.05) is 34.8 Å². The number of hydrogen-bond acceptors (Lipinski definition) is 3. The van der Waals surface area contributed by atoms with Crippen molar-refractivity contribution in [2.24, 2.45) is 0 Å². The molecule has 0 spiro atoms. The van der Waals surface area contributed by atoms with Gasteiger partial charge in [-0.25, -0.2) is 0 Å². The molecule has 0 fully saturated rings. The molecule has 0 saturated carbocycles. The maximum Gasteiger partial charge on any atom is 0.0995 e. The number of hydrogen-bond donors (Lipinski definition) is 1. The lowest BCUT2D eigenvalue weighted by molar-refractivity contribution is 0.707. The van der Waals surface area contributed by atoms with Crippen molar-refractivity contribution < 1.29 is 0 Å². The highest BCUT2D eigenvalue weighted by molar-refractivity contribution is 7.20. The van der Waals surface area contributed by atoms with Crippen molar-refractivity contribution in [1.82, 2.24) is 5.32 Å². The fourth-order valence-corrected chi connectivity index (χ4v) is 4.31. The molecule has 2 aromatic rings. The van der Waals surface area contributed by atoms with E-state index in [2.05, 4.69) is 5.32 Å². The lowest BCUT2D eigenvalue weighted by Gasteiger charge is -2.14. The van der Waals surface area contributed by atoms with Crippen LogP contribution in [0.25, 0.3) is 0 Å². The summed E-state index contributed by atoms with van der Waals surface area (Å²) in [6.07, 6.45) is 0. The van der Waals surface area contributed by atoms with Crippen LogP contribution in [-0.2, 0) is 0 Å². The molecule has 16 heavy (non-hydrogen) atoms. The number of halogens is 3. The van der Waals surface area contributed by atoms with E-state index in [1.54, 1.807) is 11.3 Å². The van der Waals surface area contributed by atoms with Crippen LogP contribution in [0, 0.1) is 0 Å². The van der Waals surface area contributed by atoms with Gasteiger partial charge in [0.05, 0.1) is 19.7 Å². The van der Waals surface area contributed by atoms with E-state index in [1.165, 1.54) is 11.3 Å². The van der Waals surface area contributed by atoms with Gasteiger partial charge in [0.2, 0.25) is 0 Å². The summed E-state index contributed by atoms with van der Waals surface area (Å²) in [6, 6.07) is 3.77. The second-order valence-corrected chi connectivity index (χ2v) is 6.77. The van der Waals surface area contributed by atoms with E-state index < -0.39 is 0 Å². The van der Waals surface area contributed by atoms with Crippen molar-refractivity contribution in [1.29, 1.82) is 0 Å². The summed E-state index contributed by atoms with van der Waals surface area (Å²) in [5.74, 6) is 0. The van der Waals surface area contributed by atoms with Crippen LogP contribution in [0.15, 0.2) is 17.5 Å². The third-order valence-corrected chi connectivity index (χ3v) is 5.13. The highest BCUT2D eigenvalue weighted by Crippen LogP contribution is 2.40. The first-order valence-electron chi connectivity index (χ1n) is 4.48. The Morgan fingerprint density at radius 1 is 1.31 bits per heavy atom. The van der Waals surface area contributed by atoms with Crippen molar-refractivity contribution in [2.45, 2.75) is 6.04 Å². The van der Waals surface area contributed by atoms with E-state index in [-0.39, 0.29) is 6.04 Å². The van der Waals surface area contributed by atoms with Crippen LogP contribution in [0.2, 0.25) is 13.7 Å². The SMILES string of the molecule is CNC(c1cc(Cl)sc1Cl)c1sccc1Cl. The second-order valence-electron chi connectivity index (χ2n) is 3.13. The van der Waals surface area contributed by atoms with Gasteiger partial charge < -0.3 is 5.32 Å². The monoisotopic (exact) mass is 311 g/mol. The minimum absolute atomic E-state index is 0.00347. The molecule has 0 bridgehead atoms. The Bertz CT molecular complexity index is 492. The van der Waals surface area contributed by atoms with Gasteiger partial charge in [-0.3, -0.25) is 0 Å². The first-order valence-corrected chi connectivity index (χ1v) is 7.31. The largest absolute Gasteiger partial charge is 0.309 e. The predicted octanol–water partition coefficient (Wildman–Crippen LogP) is 5.08.